The Bertz CT molecular complexity index is 1030. The van der Waals surface area contributed by atoms with E-state index in [0.717, 1.165) is 52.9 Å². The highest BCUT2D eigenvalue weighted by atomic mass is 35.5. The van der Waals surface area contributed by atoms with E-state index in [9.17, 15) is 9.59 Å². The topological polar surface area (TPSA) is 58.1 Å². The molecule has 0 fully saturated rings. The van der Waals surface area contributed by atoms with Gasteiger partial charge in [0.2, 0.25) is 5.91 Å². The molecule has 4 rings (SSSR count). The van der Waals surface area contributed by atoms with Crippen LogP contribution in [-0.2, 0) is 30.7 Å². The second-order valence-electron chi connectivity index (χ2n) is 6.81. The summed E-state index contributed by atoms with van der Waals surface area (Å²) in [5, 5.41) is 1.71. The van der Waals surface area contributed by atoms with Gasteiger partial charge in [-0.05, 0) is 49.9 Å². The van der Waals surface area contributed by atoms with Crippen molar-refractivity contribution in [2.75, 3.05) is 7.05 Å². The molecule has 3 aromatic rings. The van der Waals surface area contributed by atoms with E-state index in [-0.39, 0.29) is 17.3 Å². The Balaban J connectivity index is 1.49. The summed E-state index contributed by atoms with van der Waals surface area (Å²) in [6, 6.07) is 7.67. The van der Waals surface area contributed by atoms with Crippen molar-refractivity contribution in [2.45, 2.75) is 38.8 Å². The van der Waals surface area contributed by atoms with Gasteiger partial charge in [0, 0.05) is 39.2 Å². The molecule has 26 heavy (non-hydrogen) atoms. The van der Waals surface area contributed by atoms with Gasteiger partial charge in [0.15, 0.2) is 0 Å². The first-order valence-electron chi connectivity index (χ1n) is 8.74. The lowest BCUT2D eigenvalue weighted by Gasteiger charge is -2.18. The number of H-pyrrole nitrogens is 1. The smallest absolute Gasteiger partial charge is 0.308 e. The summed E-state index contributed by atoms with van der Waals surface area (Å²) in [6.45, 7) is 0.583. The van der Waals surface area contributed by atoms with Crippen molar-refractivity contribution in [3.63, 3.8) is 0 Å². The molecular weight excluding hydrogens is 370 g/mol. The highest BCUT2D eigenvalue weighted by Gasteiger charge is 2.21. The van der Waals surface area contributed by atoms with Crippen LogP contribution < -0.4 is 4.87 Å². The average Bonchev–Trinajstić information content (AvgIpc) is 3.14. The maximum atomic E-state index is 12.7. The van der Waals surface area contributed by atoms with Crippen LogP contribution in [0, 0.1) is 0 Å². The van der Waals surface area contributed by atoms with Crippen molar-refractivity contribution in [3.8, 4) is 0 Å². The van der Waals surface area contributed by atoms with Gasteiger partial charge in [-0.2, -0.15) is 0 Å². The van der Waals surface area contributed by atoms with Crippen molar-refractivity contribution in [2.24, 2.45) is 0 Å². The molecule has 1 amide bonds. The summed E-state index contributed by atoms with van der Waals surface area (Å²) in [5.41, 5.74) is 3.00. The third-order valence-electron chi connectivity index (χ3n) is 4.91. The molecule has 2 heterocycles. The minimum Gasteiger partial charge on any atom is -0.357 e. The predicted molar refractivity (Wildman–Crippen MR) is 105 cm³/mol. The van der Waals surface area contributed by atoms with Gasteiger partial charge < -0.3 is 9.88 Å². The van der Waals surface area contributed by atoms with E-state index in [0.29, 0.717) is 11.6 Å². The Morgan fingerprint density at radius 1 is 1.31 bits per heavy atom. The number of hydrogen-bond acceptors (Lipinski definition) is 3. The van der Waals surface area contributed by atoms with Crippen molar-refractivity contribution in [3.05, 3.63) is 55.2 Å². The van der Waals surface area contributed by atoms with Crippen LogP contribution in [0.4, 0.5) is 0 Å². The van der Waals surface area contributed by atoms with E-state index in [1.54, 1.807) is 16.5 Å². The van der Waals surface area contributed by atoms with Gasteiger partial charge in [0.25, 0.3) is 0 Å². The third-order valence-corrected chi connectivity index (χ3v) is 6.23. The monoisotopic (exact) mass is 389 g/mol. The number of halogens is 1. The fourth-order valence-corrected chi connectivity index (χ4v) is 4.79. The van der Waals surface area contributed by atoms with Gasteiger partial charge in [-0.25, -0.2) is 0 Å². The van der Waals surface area contributed by atoms with E-state index in [2.05, 4.69) is 4.98 Å². The van der Waals surface area contributed by atoms with Gasteiger partial charge in [0.05, 0.1) is 6.54 Å². The van der Waals surface area contributed by atoms with Crippen molar-refractivity contribution >= 4 is 39.7 Å². The molecule has 0 spiro atoms. The lowest BCUT2D eigenvalue weighted by Crippen LogP contribution is -2.33. The number of benzene rings is 1. The lowest BCUT2D eigenvalue weighted by molar-refractivity contribution is -0.131. The number of amides is 1. The predicted octanol–water partition coefficient (Wildman–Crippen LogP) is 3.58. The summed E-state index contributed by atoms with van der Waals surface area (Å²) in [6.07, 6.45) is 4.08. The van der Waals surface area contributed by atoms with Crippen molar-refractivity contribution in [1.29, 1.82) is 0 Å². The number of nitrogens with one attached hydrogen (secondary N) is 1. The molecule has 2 aromatic heterocycles. The maximum absolute atomic E-state index is 12.7. The quantitative estimate of drug-likeness (QED) is 0.741. The molecule has 1 aliphatic rings. The molecular formula is C19H20ClN3O2S. The van der Waals surface area contributed by atoms with Crippen LogP contribution in [-0.4, -0.2) is 27.4 Å². The zero-order valence-corrected chi connectivity index (χ0v) is 16.1. The number of aromatic amines is 1. The van der Waals surface area contributed by atoms with Gasteiger partial charge in [-0.3, -0.25) is 14.2 Å². The van der Waals surface area contributed by atoms with Crippen LogP contribution in [0.3, 0.4) is 0 Å². The van der Waals surface area contributed by atoms with E-state index >= 15 is 0 Å². The van der Waals surface area contributed by atoms with E-state index in [1.165, 1.54) is 11.3 Å². The molecule has 0 saturated heterocycles. The van der Waals surface area contributed by atoms with Gasteiger partial charge in [-0.15, -0.1) is 0 Å². The van der Waals surface area contributed by atoms with Crippen LogP contribution in [0.15, 0.2) is 29.1 Å². The number of aromatic nitrogens is 2. The fourth-order valence-electron chi connectivity index (χ4n) is 3.54. The minimum atomic E-state index is -0.0602. The Hall–Kier alpha value is -2.05. The molecule has 0 bridgehead atoms. The summed E-state index contributed by atoms with van der Waals surface area (Å²) in [5.74, 6) is -0.0602. The normalized spacial score (nSPS) is 13.8. The molecule has 7 heteroatoms. The number of carbonyl (C=O) groups excluding carboxylic acids is 1. The van der Waals surface area contributed by atoms with Gasteiger partial charge >= 0.3 is 4.87 Å². The van der Waals surface area contributed by atoms with Crippen LogP contribution >= 0.6 is 22.9 Å². The Kier molecular flexibility index (Phi) is 4.63. The summed E-state index contributed by atoms with van der Waals surface area (Å²) < 4.78 is 1.67. The standard InChI is InChI=1S/C19H20ClN3O2S/c1-22(10-14-9-12-8-13(20)6-7-15(12)21-14)18(24)11-23-16-4-2-3-5-17(16)26-19(23)25/h6-9,21H,2-5,10-11H2,1H3. The molecule has 1 N–H and O–H groups in total. The Morgan fingerprint density at radius 3 is 2.96 bits per heavy atom. The van der Waals surface area contributed by atoms with E-state index < -0.39 is 0 Å². The van der Waals surface area contributed by atoms with E-state index in [1.807, 2.05) is 24.3 Å². The number of fused-ring (bicyclic) bond motifs is 2. The average molecular weight is 390 g/mol. The Labute approximate surface area is 160 Å². The van der Waals surface area contributed by atoms with Gasteiger partial charge in [0.1, 0.15) is 6.54 Å². The number of rotatable bonds is 4. The largest absolute Gasteiger partial charge is 0.357 e. The van der Waals surface area contributed by atoms with Crippen LogP contribution in [0.2, 0.25) is 5.02 Å². The molecule has 1 aromatic carbocycles. The molecule has 0 radical (unpaired) electrons. The summed E-state index contributed by atoms with van der Waals surface area (Å²) >= 11 is 7.32. The number of likely N-dealkylation sites (N-methyl/N-ethyl adjacent to an activating group) is 1. The second-order valence-corrected chi connectivity index (χ2v) is 8.29. The van der Waals surface area contributed by atoms with Crippen LogP contribution in [0.5, 0.6) is 0 Å². The minimum absolute atomic E-state index is 0.0149. The molecule has 0 unspecified atom stereocenters. The van der Waals surface area contributed by atoms with Crippen molar-refractivity contribution in [1.82, 2.24) is 14.5 Å². The number of hydrogen-bond donors (Lipinski definition) is 1. The summed E-state index contributed by atoms with van der Waals surface area (Å²) in [7, 11) is 1.77. The van der Waals surface area contributed by atoms with Crippen LogP contribution in [0.1, 0.15) is 29.1 Å². The highest BCUT2D eigenvalue weighted by molar-refractivity contribution is 7.09. The fraction of sp³-hybridized carbons (Fsp3) is 0.368. The molecule has 136 valence electrons. The molecule has 5 nitrogen and oxygen atoms in total. The number of carbonyl (C=O) groups is 1. The van der Waals surface area contributed by atoms with Crippen LogP contribution in [0.25, 0.3) is 10.9 Å². The molecule has 0 atom stereocenters. The maximum Gasteiger partial charge on any atom is 0.308 e. The number of aryl methyl sites for hydroxylation is 1. The van der Waals surface area contributed by atoms with E-state index in [4.69, 9.17) is 11.6 Å². The zero-order valence-electron chi connectivity index (χ0n) is 14.5. The SMILES string of the molecule is CN(Cc1cc2cc(Cl)ccc2[nH]1)C(=O)Cn1c2c(sc1=O)CCCC2. The molecule has 1 aliphatic carbocycles. The number of thiazole rings is 1. The number of nitrogens with zero attached hydrogens (tertiary/aromatic N) is 2. The first kappa shape index (κ1) is 17.4. The van der Waals surface area contributed by atoms with Crippen molar-refractivity contribution < 1.29 is 4.79 Å². The molecule has 0 aliphatic heterocycles. The second kappa shape index (κ2) is 6.93. The molecule has 0 saturated carbocycles. The highest BCUT2D eigenvalue weighted by Crippen LogP contribution is 2.24. The first-order chi connectivity index (χ1) is 12.5. The summed E-state index contributed by atoms with van der Waals surface area (Å²) in [4.78, 5) is 31.0. The first-order valence-corrected chi connectivity index (χ1v) is 9.93. The lowest BCUT2D eigenvalue weighted by atomic mass is 10.0. The third kappa shape index (κ3) is 3.31. The van der Waals surface area contributed by atoms with Gasteiger partial charge in [-0.1, -0.05) is 22.9 Å². The Morgan fingerprint density at radius 2 is 2.12 bits per heavy atom. The zero-order chi connectivity index (χ0) is 18.3.